The van der Waals surface area contributed by atoms with Crippen LogP contribution in [0.4, 0.5) is 10.5 Å². The summed E-state index contributed by atoms with van der Waals surface area (Å²) in [5.74, 6) is 2.14. The second kappa shape index (κ2) is 8.52. The van der Waals surface area contributed by atoms with Crippen molar-refractivity contribution in [2.75, 3.05) is 44.5 Å². The molecule has 3 aliphatic heterocycles. The highest BCUT2D eigenvalue weighted by Crippen LogP contribution is 2.52. The number of piperidine rings is 1. The van der Waals surface area contributed by atoms with Crippen LogP contribution in [0.25, 0.3) is 11.1 Å². The highest BCUT2D eigenvalue weighted by atomic mass is 32.2. The van der Waals surface area contributed by atoms with Gasteiger partial charge in [-0.3, -0.25) is 0 Å². The summed E-state index contributed by atoms with van der Waals surface area (Å²) in [6.45, 7) is 4.29. The van der Waals surface area contributed by atoms with Gasteiger partial charge in [-0.1, -0.05) is 6.07 Å². The van der Waals surface area contributed by atoms with Gasteiger partial charge in [0.2, 0.25) is 0 Å². The molecule has 0 radical (unpaired) electrons. The Labute approximate surface area is 193 Å². The lowest BCUT2D eigenvalue weighted by atomic mass is 9.87. The lowest BCUT2D eigenvalue weighted by Crippen LogP contribution is -2.48. The number of ether oxygens (including phenoxy) is 2. The Kier molecular flexibility index (Phi) is 5.72. The lowest BCUT2D eigenvalue weighted by molar-refractivity contribution is 0.120. The zero-order valence-electron chi connectivity index (χ0n) is 18.8. The summed E-state index contributed by atoms with van der Waals surface area (Å²) >= 11 is 1.93. The first-order valence-electron chi connectivity index (χ1n) is 11.3. The van der Waals surface area contributed by atoms with Gasteiger partial charge in [-0.25, -0.2) is 4.79 Å². The van der Waals surface area contributed by atoms with Crippen molar-refractivity contribution in [3.05, 3.63) is 41.5 Å². The van der Waals surface area contributed by atoms with Gasteiger partial charge in [0, 0.05) is 43.6 Å². The molecule has 0 aliphatic carbocycles. The topological polar surface area (TPSA) is 62.2 Å². The number of anilines is 1. The van der Waals surface area contributed by atoms with Gasteiger partial charge >= 0.3 is 6.09 Å². The molecule has 5 rings (SSSR count). The maximum Gasteiger partial charge on any atom is 0.407 e. The molecule has 1 unspecified atom stereocenters. The van der Waals surface area contributed by atoms with Crippen molar-refractivity contribution in [1.29, 1.82) is 0 Å². The van der Waals surface area contributed by atoms with E-state index in [9.17, 15) is 9.90 Å². The van der Waals surface area contributed by atoms with Gasteiger partial charge in [0.25, 0.3) is 0 Å². The van der Waals surface area contributed by atoms with E-state index in [1.54, 1.807) is 19.1 Å². The molecule has 2 aromatic rings. The molecule has 0 bridgehead atoms. The summed E-state index contributed by atoms with van der Waals surface area (Å²) in [6.07, 6.45) is 1.16. The zero-order valence-corrected chi connectivity index (χ0v) is 19.7. The van der Waals surface area contributed by atoms with Crippen molar-refractivity contribution in [1.82, 2.24) is 4.90 Å². The van der Waals surface area contributed by atoms with E-state index in [0.717, 1.165) is 42.0 Å². The molecule has 0 saturated carbocycles. The van der Waals surface area contributed by atoms with Crippen LogP contribution in [-0.2, 0) is 4.74 Å². The molecule has 1 fully saturated rings. The molecule has 0 spiro atoms. The minimum absolute atomic E-state index is 0.0680. The average molecular weight is 455 g/mol. The number of benzene rings is 2. The van der Waals surface area contributed by atoms with E-state index in [4.69, 9.17) is 9.47 Å². The molecule has 32 heavy (non-hydrogen) atoms. The molecule has 3 heterocycles. The van der Waals surface area contributed by atoms with Crippen molar-refractivity contribution in [3.63, 3.8) is 0 Å². The summed E-state index contributed by atoms with van der Waals surface area (Å²) in [4.78, 5) is 17.2. The summed E-state index contributed by atoms with van der Waals surface area (Å²) in [6, 6.07) is 11.2. The quantitative estimate of drug-likeness (QED) is 0.683. The van der Waals surface area contributed by atoms with Gasteiger partial charge in [0.05, 0.1) is 18.9 Å². The fourth-order valence-electron chi connectivity index (χ4n) is 5.53. The van der Waals surface area contributed by atoms with Crippen LogP contribution in [0.1, 0.15) is 42.9 Å². The minimum atomic E-state index is -0.812. The van der Waals surface area contributed by atoms with Gasteiger partial charge in [-0.05, 0) is 72.0 Å². The largest absolute Gasteiger partial charge is 0.497 e. The summed E-state index contributed by atoms with van der Waals surface area (Å²) < 4.78 is 11.2. The first-order chi connectivity index (χ1) is 15.5. The van der Waals surface area contributed by atoms with Crippen LogP contribution in [0.15, 0.2) is 35.2 Å². The third-order valence-electron chi connectivity index (χ3n) is 7.20. The number of hydrogen-bond donors (Lipinski definition) is 1. The SMILES string of the molecule is COc1ccc(-c2cc3c4c(c2)[C@@H]2CN(C(=O)O)CC[C@@H]2N4CCCS3)c(C(C)OC)c1. The lowest BCUT2D eigenvalue weighted by Gasteiger charge is -2.37. The maximum atomic E-state index is 11.7. The van der Waals surface area contributed by atoms with Crippen LogP contribution >= 0.6 is 11.8 Å². The van der Waals surface area contributed by atoms with Gasteiger partial charge in [0.15, 0.2) is 0 Å². The number of fused-ring (bicyclic) bond motifs is 3. The molecule has 1 N–H and O–H groups in total. The minimum Gasteiger partial charge on any atom is -0.497 e. The van der Waals surface area contributed by atoms with Crippen LogP contribution in [-0.4, -0.2) is 61.7 Å². The second-order valence-electron chi connectivity index (χ2n) is 8.83. The molecule has 170 valence electrons. The molecule has 1 saturated heterocycles. The molecule has 2 aromatic carbocycles. The number of amides is 1. The average Bonchev–Trinajstić information content (AvgIpc) is 2.97. The van der Waals surface area contributed by atoms with E-state index >= 15 is 0 Å². The summed E-state index contributed by atoms with van der Waals surface area (Å²) in [7, 11) is 3.41. The summed E-state index contributed by atoms with van der Waals surface area (Å²) in [5, 5.41) is 9.63. The highest BCUT2D eigenvalue weighted by molar-refractivity contribution is 7.99. The van der Waals surface area contributed by atoms with E-state index in [-0.39, 0.29) is 12.0 Å². The third-order valence-corrected chi connectivity index (χ3v) is 8.32. The standard InChI is InChI=1S/C25H30N2O4S/c1-15(30-2)19-13-17(31-3)5-6-18(19)16-11-20-21-14-26(25(28)29)9-7-22(21)27-8-4-10-32-23(12-16)24(20)27/h5-6,11-13,15,21-22H,4,7-10,14H2,1-3H3,(H,28,29)/t15?,21-,22-/m0/s1. The third kappa shape index (κ3) is 3.52. The smallest absolute Gasteiger partial charge is 0.407 e. The maximum absolute atomic E-state index is 11.7. The van der Waals surface area contributed by atoms with E-state index in [1.165, 1.54) is 21.7 Å². The van der Waals surface area contributed by atoms with Crippen LogP contribution in [0.5, 0.6) is 5.75 Å². The first kappa shape index (κ1) is 21.5. The Bertz CT molecular complexity index is 1040. The monoisotopic (exact) mass is 454 g/mol. The first-order valence-corrected chi connectivity index (χ1v) is 12.3. The van der Waals surface area contributed by atoms with Gasteiger partial charge in [-0.2, -0.15) is 0 Å². The molecule has 6 nitrogen and oxygen atoms in total. The Morgan fingerprint density at radius 2 is 2.06 bits per heavy atom. The van der Waals surface area contributed by atoms with Crippen molar-refractivity contribution in [2.45, 2.75) is 42.7 Å². The predicted molar refractivity (Wildman–Crippen MR) is 127 cm³/mol. The number of carboxylic acid groups (broad SMARTS) is 1. The van der Waals surface area contributed by atoms with E-state index in [0.29, 0.717) is 19.1 Å². The van der Waals surface area contributed by atoms with E-state index in [1.807, 2.05) is 17.8 Å². The Morgan fingerprint density at radius 1 is 1.22 bits per heavy atom. The number of nitrogens with zero attached hydrogens (tertiary/aromatic N) is 2. The Morgan fingerprint density at radius 3 is 2.81 bits per heavy atom. The van der Waals surface area contributed by atoms with Crippen LogP contribution in [0, 0.1) is 0 Å². The number of carbonyl (C=O) groups is 1. The highest BCUT2D eigenvalue weighted by Gasteiger charge is 2.44. The summed E-state index contributed by atoms with van der Waals surface area (Å²) in [5.41, 5.74) is 6.05. The molecule has 1 amide bonds. The zero-order chi connectivity index (χ0) is 22.4. The van der Waals surface area contributed by atoms with Crippen LogP contribution < -0.4 is 9.64 Å². The Hall–Kier alpha value is -2.38. The Balaban J connectivity index is 1.65. The van der Waals surface area contributed by atoms with Gasteiger partial charge in [0.1, 0.15) is 5.75 Å². The van der Waals surface area contributed by atoms with Crippen molar-refractivity contribution < 1.29 is 19.4 Å². The number of rotatable bonds is 4. The molecular weight excluding hydrogens is 424 g/mol. The molecule has 7 heteroatoms. The van der Waals surface area contributed by atoms with E-state index in [2.05, 4.69) is 36.1 Å². The van der Waals surface area contributed by atoms with Gasteiger partial charge in [-0.15, -0.1) is 11.8 Å². The van der Waals surface area contributed by atoms with Crippen LogP contribution in [0.3, 0.4) is 0 Å². The van der Waals surface area contributed by atoms with Crippen molar-refractivity contribution in [2.24, 2.45) is 0 Å². The number of hydrogen-bond acceptors (Lipinski definition) is 5. The fourth-order valence-corrected chi connectivity index (χ4v) is 6.61. The number of thioether (sulfide) groups is 1. The number of likely N-dealkylation sites (tertiary alicyclic amines) is 1. The molecule has 0 aromatic heterocycles. The van der Waals surface area contributed by atoms with E-state index < -0.39 is 6.09 Å². The van der Waals surface area contributed by atoms with Crippen molar-refractivity contribution in [3.8, 4) is 16.9 Å². The molecular formula is C25H30N2O4S. The predicted octanol–water partition coefficient (Wildman–Crippen LogP) is 5.22. The number of methoxy groups -OCH3 is 2. The van der Waals surface area contributed by atoms with Crippen LogP contribution in [0.2, 0.25) is 0 Å². The normalized spacial score (nSPS) is 22.7. The van der Waals surface area contributed by atoms with Crippen molar-refractivity contribution >= 4 is 23.5 Å². The second-order valence-corrected chi connectivity index (χ2v) is 9.97. The molecule has 3 aliphatic rings. The van der Waals surface area contributed by atoms with Gasteiger partial charge < -0.3 is 24.4 Å². The fraction of sp³-hybridized carbons (Fsp3) is 0.480. The molecule has 3 atom stereocenters.